The van der Waals surface area contributed by atoms with E-state index in [0.717, 1.165) is 0 Å². The molecule has 0 radical (unpaired) electrons. The molecule has 1 nitrogen and oxygen atoms in total. The van der Waals surface area contributed by atoms with Crippen LogP contribution in [0.3, 0.4) is 0 Å². The molecule has 0 aromatic heterocycles. The molecule has 2 rings (SSSR count). The molecule has 0 aliphatic rings. The van der Waals surface area contributed by atoms with Gasteiger partial charge in [-0.15, -0.1) is 0 Å². The summed E-state index contributed by atoms with van der Waals surface area (Å²) in [6, 6.07) is 21.2. The minimum absolute atomic E-state index is 0.235. The maximum atomic E-state index is 2.43. The summed E-state index contributed by atoms with van der Waals surface area (Å²) in [4.78, 5) is 0. The van der Waals surface area contributed by atoms with Crippen LogP contribution >= 0.6 is 0 Å². The quantitative estimate of drug-likeness (QED) is 0.709. The van der Waals surface area contributed by atoms with E-state index in [2.05, 4.69) is 71.8 Å². The number of hydrogen-bond donors (Lipinski definition) is 0. The van der Waals surface area contributed by atoms with E-state index in [9.17, 15) is 0 Å². The predicted molar refractivity (Wildman–Crippen MR) is 69.4 cm³/mol. The molecule has 0 saturated carbocycles. The van der Waals surface area contributed by atoms with Crippen LogP contribution in [0.5, 0.6) is 0 Å². The Hall–Kier alpha value is -1.54. The molecule has 0 heterocycles. The van der Waals surface area contributed by atoms with Crippen LogP contribution in [0.4, 0.5) is 11.4 Å². The Labute approximate surface area is 93.3 Å². The summed E-state index contributed by atoms with van der Waals surface area (Å²) in [5, 5.41) is 0. The molecule has 0 saturated heterocycles. The number of nitrogens with zero attached hydrogens (tertiary/aromatic N) is 1. The Kier molecular flexibility index (Phi) is 3.20. The van der Waals surface area contributed by atoms with Crippen molar-refractivity contribution in [2.45, 2.75) is 6.55 Å². The van der Waals surface area contributed by atoms with Gasteiger partial charge in [-0.2, -0.15) is 0 Å². The maximum absolute atomic E-state index is 2.43. The monoisotopic (exact) mass is 213 g/mol. The van der Waals surface area contributed by atoms with E-state index < -0.39 is 0 Å². The zero-order valence-electron chi connectivity index (χ0n) is 8.93. The van der Waals surface area contributed by atoms with Gasteiger partial charge in [0.1, 0.15) is 9.68 Å². The molecule has 0 aliphatic heterocycles. The molecule has 0 N–H and O–H groups in total. The van der Waals surface area contributed by atoms with Crippen LogP contribution in [-0.4, -0.2) is 9.68 Å². The van der Waals surface area contributed by atoms with Crippen LogP contribution in [0.1, 0.15) is 0 Å². The lowest BCUT2D eigenvalue weighted by Gasteiger charge is -2.23. The van der Waals surface area contributed by atoms with E-state index in [1.54, 1.807) is 0 Å². The Morgan fingerprint density at radius 2 is 1.13 bits per heavy atom. The molecular weight excluding hydrogens is 198 g/mol. The lowest BCUT2D eigenvalue weighted by Crippen LogP contribution is -2.18. The summed E-state index contributed by atoms with van der Waals surface area (Å²) in [6.45, 7) is 2.31. The Morgan fingerprint density at radius 1 is 0.733 bits per heavy atom. The molecule has 0 unspecified atom stereocenters. The van der Waals surface area contributed by atoms with Crippen molar-refractivity contribution in [2.24, 2.45) is 0 Å². The largest absolute Gasteiger partial charge is 0.375 e. The molecule has 0 fully saturated rings. The van der Waals surface area contributed by atoms with E-state index in [4.69, 9.17) is 0 Å². The van der Waals surface area contributed by atoms with Crippen LogP contribution in [0.15, 0.2) is 60.7 Å². The van der Waals surface area contributed by atoms with Crippen LogP contribution < -0.4 is 4.57 Å². The summed E-state index contributed by atoms with van der Waals surface area (Å²) < 4.78 is 2.43. The first-order valence-electron chi connectivity index (χ1n) is 5.29. The van der Waals surface area contributed by atoms with Crippen LogP contribution in [-0.2, 0) is 0 Å². The lowest BCUT2D eigenvalue weighted by molar-refractivity contribution is 1.39. The van der Waals surface area contributed by atoms with E-state index in [1.165, 1.54) is 11.4 Å². The van der Waals surface area contributed by atoms with E-state index in [1.807, 2.05) is 0 Å². The molecule has 0 amide bonds. The number of benzene rings is 2. The average Bonchev–Trinajstić information content (AvgIpc) is 2.33. The van der Waals surface area contributed by atoms with Gasteiger partial charge < -0.3 is 4.57 Å². The van der Waals surface area contributed by atoms with Crippen molar-refractivity contribution in [1.82, 2.24) is 0 Å². The van der Waals surface area contributed by atoms with Crippen molar-refractivity contribution in [1.29, 1.82) is 0 Å². The van der Waals surface area contributed by atoms with Gasteiger partial charge >= 0.3 is 0 Å². The first kappa shape index (κ1) is 9.99. The minimum Gasteiger partial charge on any atom is -0.375 e. The normalized spacial score (nSPS) is 10.7. The summed E-state index contributed by atoms with van der Waals surface area (Å²) in [5.41, 5.74) is 2.61. The summed E-state index contributed by atoms with van der Waals surface area (Å²) in [6.07, 6.45) is 0. The Bertz CT molecular complexity index is 360. The molecule has 2 aromatic rings. The second-order valence-corrected chi connectivity index (χ2v) is 4.68. The molecule has 0 aliphatic carbocycles. The van der Waals surface area contributed by atoms with Crippen molar-refractivity contribution < 1.29 is 0 Å². The third kappa shape index (κ3) is 2.28. The Balaban J connectivity index is 2.34. The van der Waals surface area contributed by atoms with Crippen molar-refractivity contribution in [3.63, 3.8) is 0 Å². The zero-order chi connectivity index (χ0) is 10.5. The molecule has 0 atom stereocenters. The van der Waals surface area contributed by atoms with E-state index in [0.29, 0.717) is 0 Å². The summed E-state index contributed by atoms with van der Waals surface area (Å²) >= 11 is 0. The van der Waals surface area contributed by atoms with Crippen molar-refractivity contribution in [3.05, 3.63) is 60.7 Å². The lowest BCUT2D eigenvalue weighted by atomic mass is 10.3. The van der Waals surface area contributed by atoms with Gasteiger partial charge in [0.2, 0.25) is 0 Å². The fourth-order valence-corrected chi connectivity index (χ4v) is 2.88. The van der Waals surface area contributed by atoms with Gasteiger partial charge in [-0.05, 0) is 24.3 Å². The van der Waals surface area contributed by atoms with E-state index >= 15 is 0 Å². The number of para-hydroxylation sites is 2. The second kappa shape index (κ2) is 4.80. The molecule has 2 aromatic carbocycles. The molecule has 2 heteroatoms. The highest BCUT2D eigenvalue weighted by Crippen LogP contribution is 2.23. The molecule has 0 spiro atoms. The molecule has 0 bridgehead atoms. The van der Waals surface area contributed by atoms with Gasteiger partial charge in [0, 0.05) is 11.4 Å². The van der Waals surface area contributed by atoms with Crippen molar-refractivity contribution in [3.8, 4) is 0 Å². The van der Waals surface area contributed by atoms with Gasteiger partial charge in [0.05, 0.1) is 0 Å². The third-order valence-electron chi connectivity index (χ3n) is 2.45. The van der Waals surface area contributed by atoms with Crippen molar-refractivity contribution in [2.75, 3.05) is 4.57 Å². The second-order valence-electron chi connectivity index (χ2n) is 3.42. The van der Waals surface area contributed by atoms with Crippen molar-refractivity contribution >= 4 is 21.1 Å². The molecule has 15 heavy (non-hydrogen) atoms. The Morgan fingerprint density at radius 3 is 1.47 bits per heavy atom. The first-order valence-corrected chi connectivity index (χ1v) is 7.34. The van der Waals surface area contributed by atoms with Crippen LogP contribution in [0.2, 0.25) is 6.55 Å². The predicted octanol–water partition coefficient (Wildman–Crippen LogP) is 2.96. The number of anilines is 2. The molecule has 76 valence electrons. The summed E-state index contributed by atoms with van der Waals surface area (Å²) in [5.74, 6) is 0. The van der Waals surface area contributed by atoms with Gasteiger partial charge in [0.15, 0.2) is 0 Å². The van der Waals surface area contributed by atoms with Crippen LogP contribution in [0, 0.1) is 0 Å². The highest BCUT2D eigenvalue weighted by Gasteiger charge is 2.04. The van der Waals surface area contributed by atoms with Gasteiger partial charge in [-0.25, -0.2) is 0 Å². The topological polar surface area (TPSA) is 3.24 Å². The minimum atomic E-state index is -0.235. The van der Waals surface area contributed by atoms with Gasteiger partial charge in [0.25, 0.3) is 0 Å². The van der Waals surface area contributed by atoms with Gasteiger partial charge in [-0.3, -0.25) is 0 Å². The SMILES string of the molecule is C[SiH2]N(c1ccccc1)c1ccccc1. The fraction of sp³-hybridized carbons (Fsp3) is 0.0769. The first-order chi connectivity index (χ1) is 7.42. The maximum Gasteiger partial charge on any atom is 0.127 e. The highest BCUT2D eigenvalue weighted by molar-refractivity contribution is 6.42. The number of rotatable bonds is 3. The van der Waals surface area contributed by atoms with Crippen LogP contribution in [0.25, 0.3) is 0 Å². The van der Waals surface area contributed by atoms with E-state index in [-0.39, 0.29) is 9.68 Å². The zero-order valence-corrected chi connectivity index (χ0v) is 10.3. The fourth-order valence-electron chi connectivity index (χ4n) is 1.73. The smallest absolute Gasteiger partial charge is 0.127 e. The summed E-state index contributed by atoms with van der Waals surface area (Å²) in [7, 11) is -0.235. The number of hydrogen-bond acceptors (Lipinski definition) is 1. The highest BCUT2D eigenvalue weighted by atomic mass is 28.2. The average molecular weight is 213 g/mol. The van der Waals surface area contributed by atoms with Gasteiger partial charge in [-0.1, -0.05) is 42.9 Å². The standard InChI is InChI=1S/C13H15NSi/c1-15-14(12-8-4-2-5-9-12)13-10-6-3-7-11-13/h2-11H,15H2,1H3. The molecular formula is C13H15NSi. The third-order valence-corrected chi connectivity index (χ3v) is 3.81.